The van der Waals surface area contributed by atoms with Crippen LogP contribution in [0.15, 0.2) is 22.8 Å². The van der Waals surface area contributed by atoms with Crippen molar-refractivity contribution in [1.82, 2.24) is 5.32 Å². The van der Waals surface area contributed by atoms with Crippen molar-refractivity contribution in [1.29, 1.82) is 0 Å². The predicted octanol–water partition coefficient (Wildman–Crippen LogP) is 3.02. The topological polar surface area (TPSA) is 45.4 Å². The summed E-state index contributed by atoms with van der Waals surface area (Å²) in [6, 6.07) is 4.28. The summed E-state index contributed by atoms with van der Waals surface area (Å²) in [6.07, 6.45) is 10.8. The van der Waals surface area contributed by atoms with Crippen molar-refractivity contribution in [2.24, 2.45) is 0 Å². The number of aliphatic hydroxyl groups excluding tert-OH is 1. The van der Waals surface area contributed by atoms with Crippen LogP contribution in [0.3, 0.4) is 0 Å². The van der Waals surface area contributed by atoms with E-state index in [9.17, 15) is 5.11 Å². The first kappa shape index (κ1) is 12.7. The highest BCUT2D eigenvalue weighted by atomic mass is 16.3. The Bertz CT molecular complexity index is 289. The first-order chi connectivity index (χ1) is 8.40. The smallest absolute Gasteiger partial charge is 0.123 e. The Morgan fingerprint density at radius 3 is 2.53 bits per heavy atom. The molecule has 0 amide bonds. The maximum Gasteiger partial charge on any atom is 0.123 e. The molecule has 0 aromatic carbocycles. The molecule has 2 N–H and O–H groups in total. The van der Waals surface area contributed by atoms with E-state index in [1.54, 1.807) is 6.26 Å². The van der Waals surface area contributed by atoms with Crippen LogP contribution in [-0.4, -0.2) is 17.8 Å². The van der Waals surface area contributed by atoms with Crippen molar-refractivity contribution >= 4 is 0 Å². The van der Waals surface area contributed by atoms with Gasteiger partial charge in [0.25, 0.3) is 0 Å². The van der Waals surface area contributed by atoms with Crippen molar-refractivity contribution < 1.29 is 9.52 Å². The third kappa shape index (κ3) is 3.86. The molecule has 0 spiro atoms. The fourth-order valence-electron chi connectivity index (χ4n) is 2.62. The number of hydrogen-bond acceptors (Lipinski definition) is 3. The van der Waals surface area contributed by atoms with Crippen LogP contribution in [0.25, 0.3) is 0 Å². The standard InChI is InChI=1S/C14H23NO2/c16-11-13(14-9-6-10-17-14)15-12-7-4-2-1-3-5-8-12/h6,9-10,12-13,15-16H,1-5,7-8,11H2. The third-order valence-corrected chi connectivity index (χ3v) is 3.61. The van der Waals surface area contributed by atoms with Crippen molar-refractivity contribution in [3.63, 3.8) is 0 Å². The van der Waals surface area contributed by atoms with E-state index in [1.165, 1.54) is 44.9 Å². The van der Waals surface area contributed by atoms with Crippen molar-refractivity contribution in [3.8, 4) is 0 Å². The Morgan fingerprint density at radius 1 is 1.24 bits per heavy atom. The number of furan rings is 1. The van der Waals surface area contributed by atoms with Gasteiger partial charge < -0.3 is 14.8 Å². The van der Waals surface area contributed by atoms with Gasteiger partial charge in [0.05, 0.1) is 18.9 Å². The second-order valence-corrected chi connectivity index (χ2v) is 4.96. The van der Waals surface area contributed by atoms with E-state index in [1.807, 2.05) is 12.1 Å². The zero-order chi connectivity index (χ0) is 11.9. The van der Waals surface area contributed by atoms with Crippen LogP contribution in [0.1, 0.15) is 56.7 Å². The van der Waals surface area contributed by atoms with Gasteiger partial charge in [0.15, 0.2) is 0 Å². The van der Waals surface area contributed by atoms with Crippen LogP contribution in [0.2, 0.25) is 0 Å². The molecule has 96 valence electrons. The first-order valence-electron chi connectivity index (χ1n) is 6.80. The summed E-state index contributed by atoms with van der Waals surface area (Å²) in [4.78, 5) is 0. The SMILES string of the molecule is OCC(NC1CCCCCCC1)c1ccco1. The molecule has 1 unspecified atom stereocenters. The monoisotopic (exact) mass is 237 g/mol. The van der Waals surface area contributed by atoms with Crippen molar-refractivity contribution in [2.75, 3.05) is 6.61 Å². The van der Waals surface area contributed by atoms with Gasteiger partial charge in [-0.05, 0) is 25.0 Å². The fourth-order valence-corrected chi connectivity index (χ4v) is 2.62. The lowest BCUT2D eigenvalue weighted by Crippen LogP contribution is -2.35. The van der Waals surface area contributed by atoms with E-state index in [-0.39, 0.29) is 12.6 Å². The minimum absolute atomic E-state index is 0.0468. The second kappa shape index (κ2) is 6.82. The molecule has 1 saturated carbocycles. The number of rotatable bonds is 4. The fraction of sp³-hybridized carbons (Fsp3) is 0.714. The molecule has 17 heavy (non-hydrogen) atoms. The summed E-state index contributed by atoms with van der Waals surface area (Å²) in [6.45, 7) is 0.101. The van der Waals surface area contributed by atoms with Crippen molar-refractivity contribution in [2.45, 2.75) is 57.0 Å². The van der Waals surface area contributed by atoms with E-state index in [0.717, 1.165) is 5.76 Å². The quantitative estimate of drug-likeness (QED) is 0.846. The summed E-state index contributed by atoms with van der Waals surface area (Å²) in [5, 5.41) is 13.0. The van der Waals surface area contributed by atoms with Crippen molar-refractivity contribution in [3.05, 3.63) is 24.2 Å². The summed E-state index contributed by atoms with van der Waals surface area (Å²) in [5.74, 6) is 0.842. The Hall–Kier alpha value is -0.800. The molecule has 1 heterocycles. The zero-order valence-electron chi connectivity index (χ0n) is 10.4. The van der Waals surface area contributed by atoms with E-state index < -0.39 is 0 Å². The molecule has 1 aromatic heterocycles. The molecule has 0 radical (unpaired) electrons. The molecular weight excluding hydrogens is 214 g/mol. The maximum atomic E-state index is 9.43. The molecule has 3 heteroatoms. The lowest BCUT2D eigenvalue weighted by atomic mass is 9.96. The van der Waals surface area contributed by atoms with Gasteiger partial charge in [0, 0.05) is 6.04 Å². The molecule has 1 aliphatic carbocycles. The Morgan fingerprint density at radius 2 is 1.94 bits per heavy atom. The van der Waals surface area contributed by atoms with Crippen LogP contribution in [0, 0.1) is 0 Å². The van der Waals surface area contributed by atoms with Crippen LogP contribution < -0.4 is 5.32 Å². The van der Waals surface area contributed by atoms with Gasteiger partial charge in [-0.3, -0.25) is 0 Å². The Balaban J connectivity index is 1.88. The number of nitrogens with one attached hydrogen (secondary N) is 1. The minimum Gasteiger partial charge on any atom is -0.468 e. The Labute approximate surface area is 103 Å². The first-order valence-corrected chi connectivity index (χ1v) is 6.80. The molecule has 1 aliphatic rings. The molecule has 0 bridgehead atoms. The second-order valence-electron chi connectivity index (χ2n) is 4.96. The average Bonchev–Trinajstić information content (AvgIpc) is 2.81. The third-order valence-electron chi connectivity index (χ3n) is 3.61. The van der Waals surface area contributed by atoms with E-state index in [4.69, 9.17) is 4.42 Å². The average molecular weight is 237 g/mol. The summed E-state index contributed by atoms with van der Waals surface area (Å²) in [5.41, 5.74) is 0. The molecule has 3 nitrogen and oxygen atoms in total. The maximum absolute atomic E-state index is 9.43. The lowest BCUT2D eigenvalue weighted by Gasteiger charge is -2.25. The molecule has 2 rings (SSSR count). The van der Waals surface area contributed by atoms with Gasteiger partial charge in [0.1, 0.15) is 5.76 Å². The van der Waals surface area contributed by atoms with E-state index in [0.29, 0.717) is 6.04 Å². The van der Waals surface area contributed by atoms with Gasteiger partial charge in [-0.2, -0.15) is 0 Å². The van der Waals surface area contributed by atoms with Gasteiger partial charge in [0.2, 0.25) is 0 Å². The van der Waals surface area contributed by atoms with Crippen LogP contribution in [-0.2, 0) is 0 Å². The highest BCUT2D eigenvalue weighted by Crippen LogP contribution is 2.21. The number of aliphatic hydroxyl groups is 1. The van der Waals surface area contributed by atoms with Crippen LogP contribution in [0.4, 0.5) is 0 Å². The van der Waals surface area contributed by atoms with E-state index in [2.05, 4.69) is 5.32 Å². The molecule has 0 aliphatic heterocycles. The van der Waals surface area contributed by atoms with Crippen LogP contribution in [0.5, 0.6) is 0 Å². The van der Waals surface area contributed by atoms with Gasteiger partial charge >= 0.3 is 0 Å². The summed E-state index contributed by atoms with van der Waals surface area (Å²) < 4.78 is 5.36. The zero-order valence-corrected chi connectivity index (χ0v) is 10.4. The molecule has 1 fully saturated rings. The lowest BCUT2D eigenvalue weighted by molar-refractivity contribution is 0.206. The molecule has 1 aromatic rings. The van der Waals surface area contributed by atoms with Gasteiger partial charge in [-0.1, -0.05) is 32.1 Å². The highest BCUT2D eigenvalue weighted by molar-refractivity contribution is 5.04. The molecular formula is C14H23NO2. The highest BCUT2D eigenvalue weighted by Gasteiger charge is 2.18. The number of hydrogen-bond donors (Lipinski definition) is 2. The van der Waals surface area contributed by atoms with Gasteiger partial charge in [-0.15, -0.1) is 0 Å². The predicted molar refractivity (Wildman–Crippen MR) is 67.8 cm³/mol. The van der Waals surface area contributed by atoms with Gasteiger partial charge in [-0.25, -0.2) is 0 Å². The Kier molecular flexibility index (Phi) is 5.08. The molecule has 0 saturated heterocycles. The van der Waals surface area contributed by atoms with E-state index >= 15 is 0 Å². The van der Waals surface area contributed by atoms with Crippen LogP contribution >= 0.6 is 0 Å². The largest absolute Gasteiger partial charge is 0.468 e. The summed E-state index contributed by atoms with van der Waals surface area (Å²) in [7, 11) is 0. The summed E-state index contributed by atoms with van der Waals surface area (Å²) >= 11 is 0. The normalized spacial score (nSPS) is 20.8. The molecule has 1 atom stereocenters. The minimum atomic E-state index is -0.0468.